The lowest BCUT2D eigenvalue weighted by Gasteiger charge is -2.29. The Morgan fingerprint density at radius 2 is 2.08 bits per heavy atom. The molecule has 2 heterocycles. The number of aliphatic imine (C=N–C) groups is 1. The fourth-order valence-corrected chi connectivity index (χ4v) is 4.15. The van der Waals surface area contributed by atoms with E-state index in [-0.39, 0.29) is 0 Å². The van der Waals surface area contributed by atoms with Gasteiger partial charge in [0.05, 0.1) is 6.61 Å². The Kier molecular flexibility index (Phi) is 6.19. The quantitative estimate of drug-likeness (QED) is 0.658. The van der Waals surface area contributed by atoms with Crippen LogP contribution in [0.15, 0.2) is 29.3 Å². The second-order valence-corrected chi connectivity index (χ2v) is 6.91. The van der Waals surface area contributed by atoms with Crippen LogP contribution < -0.4 is 10.1 Å². The Morgan fingerprint density at radius 1 is 1.28 bits per heavy atom. The molecule has 1 N–H and O–H groups in total. The number of nitrogens with zero attached hydrogens (tertiary/aromatic N) is 3. The largest absolute Gasteiger partial charge is 0.493 e. The van der Waals surface area contributed by atoms with E-state index >= 15 is 0 Å². The molecule has 1 fully saturated rings. The minimum atomic E-state index is 0.489. The summed E-state index contributed by atoms with van der Waals surface area (Å²) in [5, 5.41) is 3.62. The first-order valence-corrected chi connectivity index (χ1v) is 9.68. The van der Waals surface area contributed by atoms with Gasteiger partial charge in [0.2, 0.25) is 0 Å². The molecule has 2 unspecified atom stereocenters. The molecular weight excluding hydrogens is 312 g/mol. The van der Waals surface area contributed by atoms with Crippen molar-refractivity contribution in [2.75, 3.05) is 46.4 Å². The smallest absolute Gasteiger partial charge is 0.193 e. The van der Waals surface area contributed by atoms with E-state index in [0.717, 1.165) is 57.5 Å². The van der Waals surface area contributed by atoms with Crippen LogP contribution in [0.1, 0.15) is 38.2 Å². The summed E-state index contributed by atoms with van der Waals surface area (Å²) < 4.78 is 5.78. The van der Waals surface area contributed by atoms with Crippen molar-refractivity contribution in [3.8, 4) is 5.75 Å². The highest BCUT2D eigenvalue weighted by atomic mass is 16.5. The topological polar surface area (TPSA) is 40.1 Å². The number of hydrogen-bond donors (Lipinski definition) is 1. The summed E-state index contributed by atoms with van der Waals surface area (Å²) in [6, 6.07) is 9.06. The Hall–Kier alpha value is -1.75. The molecule has 25 heavy (non-hydrogen) atoms. The normalized spacial score (nSPS) is 23.5. The Labute approximate surface area is 152 Å². The standard InChI is InChI=1S/C20H32N4O/c1-4-23(5-2)17-10-12-24(15-17)20(21-3)22-14-16-11-13-25-19-9-7-6-8-18(16)19/h6-9,16-17H,4-5,10-15H2,1-3H3,(H,21,22). The van der Waals surface area contributed by atoms with Crippen molar-refractivity contribution in [3.63, 3.8) is 0 Å². The van der Waals surface area contributed by atoms with Crippen LogP contribution in [0.25, 0.3) is 0 Å². The zero-order valence-electron chi connectivity index (χ0n) is 15.9. The van der Waals surface area contributed by atoms with Crippen molar-refractivity contribution in [1.82, 2.24) is 15.1 Å². The van der Waals surface area contributed by atoms with E-state index in [1.54, 1.807) is 0 Å². The molecule has 0 radical (unpaired) electrons. The van der Waals surface area contributed by atoms with E-state index in [1.165, 1.54) is 12.0 Å². The fourth-order valence-electron chi connectivity index (χ4n) is 4.15. The minimum Gasteiger partial charge on any atom is -0.493 e. The first-order chi connectivity index (χ1) is 12.3. The average molecular weight is 345 g/mol. The van der Waals surface area contributed by atoms with Gasteiger partial charge >= 0.3 is 0 Å². The predicted molar refractivity (Wildman–Crippen MR) is 104 cm³/mol. The predicted octanol–water partition coefficient (Wildman–Crippen LogP) is 2.54. The highest BCUT2D eigenvalue weighted by Crippen LogP contribution is 2.32. The molecule has 5 heteroatoms. The third-order valence-corrected chi connectivity index (χ3v) is 5.59. The lowest BCUT2D eigenvalue weighted by atomic mass is 9.93. The zero-order valence-corrected chi connectivity index (χ0v) is 15.9. The minimum absolute atomic E-state index is 0.489. The number of rotatable bonds is 5. The number of guanidine groups is 1. The Morgan fingerprint density at radius 3 is 2.84 bits per heavy atom. The molecule has 2 atom stereocenters. The number of nitrogens with one attached hydrogen (secondary N) is 1. The summed E-state index contributed by atoms with van der Waals surface area (Å²) >= 11 is 0. The summed E-state index contributed by atoms with van der Waals surface area (Å²) in [7, 11) is 1.89. The number of fused-ring (bicyclic) bond motifs is 1. The molecule has 0 amide bonds. The summed E-state index contributed by atoms with van der Waals surface area (Å²) in [6.45, 7) is 10.6. The van der Waals surface area contributed by atoms with Crippen molar-refractivity contribution in [3.05, 3.63) is 29.8 Å². The summed E-state index contributed by atoms with van der Waals surface area (Å²) in [5.74, 6) is 2.57. The number of ether oxygens (including phenoxy) is 1. The van der Waals surface area contributed by atoms with E-state index in [0.29, 0.717) is 12.0 Å². The third-order valence-electron chi connectivity index (χ3n) is 5.59. The summed E-state index contributed by atoms with van der Waals surface area (Å²) in [6.07, 6.45) is 2.28. The molecule has 2 aliphatic rings. The van der Waals surface area contributed by atoms with Gasteiger partial charge in [-0.15, -0.1) is 0 Å². The van der Waals surface area contributed by atoms with Crippen molar-refractivity contribution in [2.24, 2.45) is 4.99 Å². The van der Waals surface area contributed by atoms with Gasteiger partial charge in [0.15, 0.2) is 5.96 Å². The summed E-state index contributed by atoms with van der Waals surface area (Å²) in [5.41, 5.74) is 1.32. The van der Waals surface area contributed by atoms with Crippen LogP contribution >= 0.6 is 0 Å². The van der Waals surface area contributed by atoms with Crippen LogP contribution in [-0.2, 0) is 0 Å². The SMILES string of the molecule is CCN(CC)C1CCN(C(=NC)NCC2CCOc3ccccc32)C1. The molecule has 0 aliphatic carbocycles. The summed E-state index contributed by atoms with van der Waals surface area (Å²) in [4.78, 5) is 9.51. The second-order valence-electron chi connectivity index (χ2n) is 6.91. The van der Waals surface area contributed by atoms with Gasteiger partial charge in [-0.25, -0.2) is 0 Å². The van der Waals surface area contributed by atoms with Crippen molar-refractivity contribution in [2.45, 2.75) is 38.6 Å². The molecule has 1 aromatic carbocycles. The van der Waals surface area contributed by atoms with Gasteiger partial charge < -0.3 is 15.0 Å². The maximum absolute atomic E-state index is 5.78. The molecule has 0 aromatic heterocycles. The first kappa shape index (κ1) is 18.1. The molecule has 0 bridgehead atoms. The van der Waals surface area contributed by atoms with Crippen molar-refractivity contribution >= 4 is 5.96 Å². The number of likely N-dealkylation sites (N-methyl/N-ethyl adjacent to an activating group) is 1. The van der Waals surface area contributed by atoms with Gasteiger partial charge in [-0.1, -0.05) is 32.0 Å². The fraction of sp³-hybridized carbons (Fsp3) is 0.650. The third kappa shape index (κ3) is 4.09. The lowest BCUT2D eigenvalue weighted by Crippen LogP contribution is -2.44. The second kappa shape index (κ2) is 8.56. The van der Waals surface area contributed by atoms with Crippen molar-refractivity contribution < 1.29 is 4.74 Å². The van der Waals surface area contributed by atoms with E-state index < -0.39 is 0 Å². The molecule has 138 valence electrons. The van der Waals surface area contributed by atoms with Gasteiger partial charge in [0.25, 0.3) is 0 Å². The number of likely N-dealkylation sites (tertiary alicyclic amines) is 1. The molecule has 3 rings (SSSR count). The molecule has 2 aliphatic heterocycles. The molecule has 0 spiro atoms. The molecule has 0 saturated carbocycles. The van der Waals surface area contributed by atoms with Gasteiger partial charge in [-0.05, 0) is 37.6 Å². The average Bonchev–Trinajstić information content (AvgIpc) is 3.13. The van der Waals surface area contributed by atoms with E-state index in [1.807, 2.05) is 13.1 Å². The highest BCUT2D eigenvalue weighted by molar-refractivity contribution is 5.80. The van der Waals surface area contributed by atoms with Crippen LogP contribution in [0, 0.1) is 0 Å². The van der Waals surface area contributed by atoms with E-state index in [4.69, 9.17) is 4.74 Å². The van der Waals surface area contributed by atoms with E-state index in [2.05, 4.69) is 52.2 Å². The number of benzene rings is 1. The molecule has 1 saturated heterocycles. The maximum atomic E-state index is 5.78. The van der Waals surface area contributed by atoms with Crippen molar-refractivity contribution in [1.29, 1.82) is 0 Å². The Balaban J connectivity index is 1.58. The van der Waals surface area contributed by atoms with Gasteiger partial charge in [0, 0.05) is 38.6 Å². The van der Waals surface area contributed by atoms with Crippen LogP contribution in [0.4, 0.5) is 0 Å². The van der Waals surface area contributed by atoms with Crippen LogP contribution in [-0.4, -0.2) is 68.2 Å². The highest BCUT2D eigenvalue weighted by Gasteiger charge is 2.29. The molecule has 1 aromatic rings. The first-order valence-electron chi connectivity index (χ1n) is 9.68. The molecular formula is C20H32N4O. The maximum Gasteiger partial charge on any atom is 0.193 e. The van der Waals surface area contributed by atoms with Gasteiger partial charge in [-0.3, -0.25) is 9.89 Å². The van der Waals surface area contributed by atoms with Gasteiger partial charge in [0.1, 0.15) is 5.75 Å². The number of hydrogen-bond acceptors (Lipinski definition) is 3. The Bertz CT molecular complexity index is 585. The van der Waals surface area contributed by atoms with Crippen LogP contribution in [0.3, 0.4) is 0 Å². The van der Waals surface area contributed by atoms with Crippen LogP contribution in [0.5, 0.6) is 5.75 Å². The van der Waals surface area contributed by atoms with Crippen LogP contribution in [0.2, 0.25) is 0 Å². The zero-order chi connectivity index (χ0) is 17.6. The van der Waals surface area contributed by atoms with E-state index in [9.17, 15) is 0 Å². The molecule has 5 nitrogen and oxygen atoms in total. The number of para-hydroxylation sites is 1. The monoisotopic (exact) mass is 344 g/mol. The lowest BCUT2D eigenvalue weighted by molar-refractivity contribution is 0.223. The van der Waals surface area contributed by atoms with Gasteiger partial charge in [-0.2, -0.15) is 0 Å².